The number of carbonyl (C=O) groups excluding carboxylic acids is 1. The van der Waals surface area contributed by atoms with Crippen molar-refractivity contribution in [3.05, 3.63) is 35.1 Å². The van der Waals surface area contributed by atoms with Crippen LogP contribution in [0.1, 0.15) is 37.8 Å². The van der Waals surface area contributed by atoms with E-state index in [1.807, 2.05) is 6.07 Å². The minimum atomic E-state index is -0.523. The van der Waals surface area contributed by atoms with Crippen LogP contribution in [-0.2, 0) is 17.8 Å². The summed E-state index contributed by atoms with van der Waals surface area (Å²) in [6.45, 7) is 5.55. The van der Waals surface area contributed by atoms with E-state index in [2.05, 4.69) is 24.1 Å². The fraction of sp³-hybridized carbons (Fsp3) is 0.632. The van der Waals surface area contributed by atoms with Gasteiger partial charge < -0.3 is 10.4 Å². The zero-order valence-corrected chi connectivity index (χ0v) is 14.3. The van der Waals surface area contributed by atoms with E-state index in [0.29, 0.717) is 25.3 Å². The number of β-lactam (4-membered cyclic amide) rings is 1. The molecule has 5 heteroatoms. The van der Waals surface area contributed by atoms with Crippen LogP contribution in [0.5, 0.6) is 0 Å². The molecule has 4 nitrogen and oxygen atoms in total. The molecule has 2 aliphatic heterocycles. The molecule has 1 aromatic rings. The fourth-order valence-corrected chi connectivity index (χ4v) is 5.05. The summed E-state index contributed by atoms with van der Waals surface area (Å²) in [4.78, 5) is 14.5. The Kier molecular flexibility index (Phi) is 3.69. The molecule has 1 spiro atoms. The Hall–Kier alpha value is -1.46. The Labute approximate surface area is 142 Å². The van der Waals surface area contributed by atoms with Crippen LogP contribution >= 0.6 is 0 Å². The predicted octanol–water partition coefficient (Wildman–Crippen LogP) is 1.85. The minimum absolute atomic E-state index is 0.0648. The number of hydrogen-bond donors (Lipinski definition) is 2. The van der Waals surface area contributed by atoms with Gasteiger partial charge in [0.2, 0.25) is 5.91 Å². The van der Waals surface area contributed by atoms with Gasteiger partial charge in [0.1, 0.15) is 5.82 Å². The summed E-state index contributed by atoms with van der Waals surface area (Å²) >= 11 is 0. The van der Waals surface area contributed by atoms with E-state index in [0.717, 1.165) is 24.1 Å². The van der Waals surface area contributed by atoms with Crippen molar-refractivity contribution in [3.63, 3.8) is 0 Å². The molecule has 130 valence electrons. The summed E-state index contributed by atoms with van der Waals surface area (Å²) in [5.41, 5.74) is 1.37. The number of aliphatic hydroxyl groups is 1. The molecule has 24 heavy (non-hydrogen) atoms. The number of nitrogens with zero attached hydrogens (tertiary/aromatic N) is 1. The molecule has 1 aromatic carbocycles. The van der Waals surface area contributed by atoms with Crippen LogP contribution in [0, 0.1) is 17.2 Å². The molecule has 0 bridgehead atoms. The van der Waals surface area contributed by atoms with Gasteiger partial charge in [0, 0.05) is 30.7 Å². The highest BCUT2D eigenvalue weighted by Gasteiger charge is 2.62. The quantitative estimate of drug-likeness (QED) is 0.813. The van der Waals surface area contributed by atoms with Crippen molar-refractivity contribution in [2.45, 2.75) is 57.8 Å². The Bertz CT molecular complexity index is 677. The first-order valence-corrected chi connectivity index (χ1v) is 8.92. The van der Waals surface area contributed by atoms with Crippen molar-refractivity contribution in [1.29, 1.82) is 0 Å². The molecule has 2 fully saturated rings. The van der Waals surface area contributed by atoms with Gasteiger partial charge in [0.15, 0.2) is 0 Å². The summed E-state index contributed by atoms with van der Waals surface area (Å²) in [6.07, 6.45) is 1.47. The average molecular weight is 332 g/mol. The largest absolute Gasteiger partial charge is 0.391 e. The van der Waals surface area contributed by atoms with E-state index in [-0.39, 0.29) is 23.8 Å². The summed E-state index contributed by atoms with van der Waals surface area (Å²) in [7, 11) is 0. The van der Waals surface area contributed by atoms with Crippen molar-refractivity contribution in [1.82, 2.24) is 10.2 Å². The van der Waals surface area contributed by atoms with Crippen LogP contribution in [-0.4, -0.2) is 40.6 Å². The molecule has 4 unspecified atom stereocenters. The highest BCUT2D eigenvalue weighted by atomic mass is 19.1. The van der Waals surface area contributed by atoms with E-state index in [4.69, 9.17) is 0 Å². The van der Waals surface area contributed by atoms with E-state index in [9.17, 15) is 14.3 Å². The molecule has 2 N–H and O–H groups in total. The van der Waals surface area contributed by atoms with Crippen LogP contribution in [0.3, 0.4) is 0 Å². The molecule has 1 saturated heterocycles. The number of carbonyl (C=O) groups is 1. The van der Waals surface area contributed by atoms with Crippen molar-refractivity contribution < 1.29 is 14.3 Å². The first kappa shape index (κ1) is 16.0. The first-order chi connectivity index (χ1) is 11.4. The third kappa shape index (κ3) is 2.21. The molecule has 2 heterocycles. The molecule has 4 atom stereocenters. The number of nitrogens with one attached hydrogen (secondary N) is 1. The zero-order chi connectivity index (χ0) is 17.1. The van der Waals surface area contributed by atoms with Crippen molar-refractivity contribution in [3.8, 4) is 0 Å². The number of halogens is 1. The van der Waals surface area contributed by atoms with Gasteiger partial charge in [-0.15, -0.1) is 0 Å². The number of hydrogen-bond acceptors (Lipinski definition) is 3. The van der Waals surface area contributed by atoms with Crippen LogP contribution in [0.2, 0.25) is 0 Å². The smallest absolute Gasteiger partial charge is 0.228 e. The van der Waals surface area contributed by atoms with E-state index in [1.165, 1.54) is 6.07 Å². The van der Waals surface area contributed by atoms with Gasteiger partial charge in [-0.3, -0.25) is 9.69 Å². The maximum atomic E-state index is 14.1. The van der Waals surface area contributed by atoms with Crippen LogP contribution in [0.15, 0.2) is 18.2 Å². The Morgan fingerprint density at radius 3 is 2.88 bits per heavy atom. The molecule has 0 radical (unpaired) electrons. The molecule has 0 aromatic heterocycles. The third-order valence-corrected chi connectivity index (χ3v) is 6.31. The topological polar surface area (TPSA) is 52.6 Å². The van der Waals surface area contributed by atoms with Crippen LogP contribution in [0.25, 0.3) is 0 Å². The van der Waals surface area contributed by atoms with Gasteiger partial charge in [-0.25, -0.2) is 4.39 Å². The number of rotatable bonds is 2. The van der Waals surface area contributed by atoms with Gasteiger partial charge in [-0.05, 0) is 36.8 Å². The molecule has 1 amide bonds. The molecular formula is C19H25FN2O2. The molecular weight excluding hydrogens is 307 g/mol. The van der Waals surface area contributed by atoms with Crippen molar-refractivity contribution in [2.24, 2.45) is 11.3 Å². The van der Waals surface area contributed by atoms with Crippen molar-refractivity contribution >= 4 is 5.91 Å². The average Bonchev–Trinajstić information content (AvgIpc) is 2.93. The normalized spacial score (nSPS) is 35.9. The number of fused-ring (bicyclic) bond motifs is 1. The van der Waals surface area contributed by atoms with Crippen LogP contribution < -0.4 is 5.32 Å². The predicted molar refractivity (Wildman–Crippen MR) is 88.7 cm³/mol. The van der Waals surface area contributed by atoms with Crippen LogP contribution in [0.4, 0.5) is 4.39 Å². The Balaban J connectivity index is 1.56. The summed E-state index contributed by atoms with van der Waals surface area (Å²) in [6, 6.07) is 5.32. The first-order valence-electron chi connectivity index (χ1n) is 8.92. The van der Waals surface area contributed by atoms with Gasteiger partial charge in [0.05, 0.1) is 11.5 Å². The van der Waals surface area contributed by atoms with Gasteiger partial charge in [-0.1, -0.05) is 26.0 Å². The second-order valence-electron chi connectivity index (χ2n) is 7.99. The maximum absolute atomic E-state index is 14.1. The maximum Gasteiger partial charge on any atom is 0.228 e. The van der Waals surface area contributed by atoms with Gasteiger partial charge >= 0.3 is 0 Å². The highest BCUT2D eigenvalue weighted by molar-refractivity contribution is 5.90. The number of amides is 1. The highest BCUT2D eigenvalue weighted by Crippen LogP contribution is 2.50. The molecule has 3 aliphatic rings. The lowest BCUT2D eigenvalue weighted by molar-refractivity contribution is -0.148. The van der Waals surface area contributed by atoms with E-state index >= 15 is 0 Å². The Morgan fingerprint density at radius 1 is 1.38 bits per heavy atom. The molecule has 1 saturated carbocycles. The SMILES string of the molecule is CC(C)C1NC(=O)C12CC(O)C(N1CCc3cccc(F)c3C1)C2. The number of benzene rings is 1. The third-order valence-electron chi connectivity index (χ3n) is 6.31. The number of aliphatic hydroxyl groups excluding tert-OH is 1. The van der Waals surface area contributed by atoms with Crippen molar-refractivity contribution in [2.75, 3.05) is 6.54 Å². The minimum Gasteiger partial charge on any atom is -0.391 e. The van der Waals surface area contributed by atoms with Gasteiger partial charge in [0.25, 0.3) is 0 Å². The summed E-state index contributed by atoms with van der Waals surface area (Å²) < 4.78 is 14.1. The lowest BCUT2D eigenvalue weighted by Crippen LogP contribution is -2.68. The second-order valence-corrected chi connectivity index (χ2v) is 7.99. The Morgan fingerprint density at radius 2 is 2.17 bits per heavy atom. The lowest BCUT2D eigenvalue weighted by Gasteiger charge is -2.49. The lowest BCUT2D eigenvalue weighted by atomic mass is 9.66. The molecule has 4 rings (SSSR count). The fourth-order valence-electron chi connectivity index (χ4n) is 5.05. The standard InChI is InChI=1S/C19H25FN2O2/c1-11(2)17-19(18(24)21-17)8-15(16(23)9-19)22-7-6-12-4-3-5-14(20)13(12)10-22/h3-5,11,15-17,23H,6-10H2,1-2H3,(H,21,24). The monoisotopic (exact) mass is 332 g/mol. The summed E-state index contributed by atoms with van der Waals surface area (Å²) in [5, 5.41) is 13.7. The second kappa shape index (κ2) is 5.53. The molecule has 1 aliphatic carbocycles. The zero-order valence-electron chi connectivity index (χ0n) is 14.3. The van der Waals surface area contributed by atoms with E-state index in [1.54, 1.807) is 6.07 Å². The van der Waals surface area contributed by atoms with E-state index < -0.39 is 11.5 Å². The van der Waals surface area contributed by atoms with Gasteiger partial charge in [-0.2, -0.15) is 0 Å². The summed E-state index contributed by atoms with van der Waals surface area (Å²) in [5.74, 6) is 0.264.